The fourth-order valence-electron chi connectivity index (χ4n) is 3.36. The Hall–Kier alpha value is -1.26. The summed E-state index contributed by atoms with van der Waals surface area (Å²) < 4.78 is 1.17. The number of hydrogen-bond acceptors (Lipinski definition) is 4. The number of para-hydroxylation sites is 1. The summed E-state index contributed by atoms with van der Waals surface area (Å²) in [6.07, 6.45) is 4.67. The van der Waals surface area contributed by atoms with Gasteiger partial charge in [-0.05, 0) is 37.9 Å². The highest BCUT2D eigenvalue weighted by Crippen LogP contribution is 2.34. The summed E-state index contributed by atoms with van der Waals surface area (Å²) in [5.41, 5.74) is 0.849. The molecule has 1 aromatic carbocycles. The highest BCUT2D eigenvalue weighted by molar-refractivity contribution is 7.18. The Morgan fingerprint density at radius 1 is 1.43 bits per heavy atom. The Morgan fingerprint density at radius 3 is 3.00 bits per heavy atom. The molecule has 0 amide bonds. The molecule has 1 atom stereocenters. The Morgan fingerprint density at radius 2 is 2.29 bits per heavy atom. The van der Waals surface area contributed by atoms with Crippen molar-refractivity contribution < 1.29 is 4.79 Å². The minimum Gasteiger partial charge on any atom is -0.316 e. The molecular formula is C17H22N2OS. The normalized spacial score (nSPS) is 22.5. The largest absolute Gasteiger partial charge is 0.316 e. The smallest absolute Gasteiger partial charge is 0.147 e. The molecule has 1 aliphatic heterocycles. The monoisotopic (exact) mass is 302 g/mol. The third-order valence-corrected chi connectivity index (χ3v) is 5.48. The van der Waals surface area contributed by atoms with Crippen LogP contribution in [0, 0.1) is 5.41 Å². The number of aromatic nitrogens is 1. The number of piperidine rings is 1. The molecule has 0 spiro atoms. The molecule has 1 aromatic heterocycles. The van der Waals surface area contributed by atoms with Gasteiger partial charge in [0, 0.05) is 12.0 Å². The van der Waals surface area contributed by atoms with Crippen LogP contribution in [0.2, 0.25) is 0 Å². The first-order valence-corrected chi connectivity index (χ1v) is 8.64. The molecule has 3 rings (SSSR count). The Kier molecular flexibility index (Phi) is 4.36. The van der Waals surface area contributed by atoms with Crippen molar-refractivity contribution in [1.29, 1.82) is 0 Å². The minimum absolute atomic E-state index is 0.162. The number of nitrogens with one attached hydrogen (secondary N) is 1. The minimum atomic E-state index is -0.162. The van der Waals surface area contributed by atoms with Crippen molar-refractivity contribution >= 4 is 27.3 Å². The van der Waals surface area contributed by atoms with Crippen LogP contribution in [0.4, 0.5) is 0 Å². The van der Waals surface area contributed by atoms with Crippen LogP contribution in [-0.2, 0) is 11.2 Å². The maximum atomic E-state index is 12.9. The average Bonchev–Trinajstić information content (AvgIpc) is 2.90. The predicted octanol–water partition coefficient (Wildman–Crippen LogP) is 3.58. The summed E-state index contributed by atoms with van der Waals surface area (Å²) in [7, 11) is 0. The van der Waals surface area contributed by atoms with Gasteiger partial charge < -0.3 is 5.32 Å². The van der Waals surface area contributed by atoms with Gasteiger partial charge in [-0.15, -0.1) is 11.3 Å². The van der Waals surface area contributed by atoms with Crippen LogP contribution >= 0.6 is 11.3 Å². The lowest BCUT2D eigenvalue weighted by Crippen LogP contribution is -2.46. The third-order valence-electron chi connectivity index (χ3n) is 4.44. The lowest BCUT2D eigenvalue weighted by Gasteiger charge is -2.36. The quantitative estimate of drug-likeness (QED) is 0.918. The SMILES string of the molecule is CCCC1(C(=O)Cc2nc3ccccc3s2)CCCNC1. The number of hydrogen-bond donors (Lipinski definition) is 1. The Balaban J connectivity index is 1.80. The standard InChI is InChI=1S/C17H22N2OS/c1-2-8-17(9-5-10-18-12-17)15(20)11-16-19-13-6-3-4-7-14(13)21-16/h3-4,6-7,18H,2,5,8-12H2,1H3. The molecule has 1 aliphatic rings. The number of rotatable bonds is 5. The van der Waals surface area contributed by atoms with Crippen molar-refractivity contribution in [2.45, 2.75) is 39.0 Å². The summed E-state index contributed by atoms with van der Waals surface area (Å²) in [4.78, 5) is 17.5. The van der Waals surface area contributed by atoms with E-state index in [4.69, 9.17) is 0 Å². The molecular weight excluding hydrogens is 280 g/mol. The number of fused-ring (bicyclic) bond motifs is 1. The van der Waals surface area contributed by atoms with Crippen LogP contribution < -0.4 is 5.32 Å². The third kappa shape index (κ3) is 3.01. The maximum absolute atomic E-state index is 12.9. The van der Waals surface area contributed by atoms with Gasteiger partial charge in [-0.2, -0.15) is 0 Å². The van der Waals surface area contributed by atoms with E-state index in [1.165, 1.54) is 4.70 Å². The summed E-state index contributed by atoms with van der Waals surface area (Å²) in [5.74, 6) is 0.371. The van der Waals surface area contributed by atoms with Crippen LogP contribution in [0.25, 0.3) is 10.2 Å². The number of carbonyl (C=O) groups excluding carboxylic acids is 1. The van der Waals surface area contributed by atoms with E-state index >= 15 is 0 Å². The van der Waals surface area contributed by atoms with Crippen LogP contribution in [0.5, 0.6) is 0 Å². The van der Waals surface area contributed by atoms with E-state index in [1.807, 2.05) is 18.2 Å². The predicted molar refractivity (Wildman–Crippen MR) is 87.8 cm³/mol. The van der Waals surface area contributed by atoms with Gasteiger partial charge in [0.15, 0.2) is 0 Å². The molecule has 4 heteroatoms. The van der Waals surface area contributed by atoms with Crippen LogP contribution in [0.1, 0.15) is 37.6 Å². The van der Waals surface area contributed by atoms with Gasteiger partial charge in [0.25, 0.3) is 0 Å². The zero-order chi connectivity index (χ0) is 14.7. The highest BCUT2D eigenvalue weighted by Gasteiger charge is 2.38. The van der Waals surface area contributed by atoms with Crippen molar-refractivity contribution in [2.75, 3.05) is 13.1 Å². The first-order valence-electron chi connectivity index (χ1n) is 7.82. The molecule has 21 heavy (non-hydrogen) atoms. The molecule has 0 bridgehead atoms. The topological polar surface area (TPSA) is 42.0 Å². The van der Waals surface area contributed by atoms with E-state index < -0.39 is 0 Å². The molecule has 112 valence electrons. The van der Waals surface area contributed by atoms with Gasteiger partial charge in [0.05, 0.1) is 16.6 Å². The molecule has 2 aromatic rings. The molecule has 1 saturated heterocycles. The van der Waals surface area contributed by atoms with Crippen LogP contribution in [0.15, 0.2) is 24.3 Å². The van der Waals surface area contributed by atoms with E-state index in [-0.39, 0.29) is 5.41 Å². The van der Waals surface area contributed by atoms with Crippen molar-refractivity contribution in [3.63, 3.8) is 0 Å². The van der Waals surface area contributed by atoms with Gasteiger partial charge >= 0.3 is 0 Å². The van der Waals surface area contributed by atoms with E-state index in [0.717, 1.165) is 49.3 Å². The van der Waals surface area contributed by atoms with Crippen molar-refractivity contribution in [1.82, 2.24) is 10.3 Å². The first-order chi connectivity index (χ1) is 10.2. The van der Waals surface area contributed by atoms with Crippen molar-refractivity contribution in [3.8, 4) is 0 Å². The lowest BCUT2D eigenvalue weighted by molar-refractivity contribution is -0.129. The maximum Gasteiger partial charge on any atom is 0.147 e. The fourth-order valence-corrected chi connectivity index (χ4v) is 4.32. The van der Waals surface area contributed by atoms with E-state index in [9.17, 15) is 4.79 Å². The van der Waals surface area contributed by atoms with Crippen molar-refractivity contribution in [3.05, 3.63) is 29.3 Å². The molecule has 0 radical (unpaired) electrons. The van der Waals surface area contributed by atoms with Crippen LogP contribution in [-0.4, -0.2) is 23.9 Å². The molecule has 3 nitrogen and oxygen atoms in total. The first kappa shape index (κ1) is 14.7. The average molecular weight is 302 g/mol. The molecule has 0 saturated carbocycles. The number of carbonyl (C=O) groups is 1. The second-order valence-electron chi connectivity index (χ2n) is 5.99. The van der Waals surface area contributed by atoms with Gasteiger partial charge in [-0.1, -0.05) is 25.5 Å². The van der Waals surface area contributed by atoms with E-state index in [0.29, 0.717) is 12.2 Å². The van der Waals surface area contributed by atoms with E-state index in [2.05, 4.69) is 23.3 Å². The molecule has 1 fully saturated rings. The Bertz CT molecular complexity index is 590. The molecule has 2 heterocycles. The van der Waals surface area contributed by atoms with Crippen LogP contribution in [0.3, 0.4) is 0 Å². The second kappa shape index (κ2) is 6.24. The van der Waals surface area contributed by atoms with Gasteiger partial charge in [-0.25, -0.2) is 4.98 Å². The fraction of sp³-hybridized carbons (Fsp3) is 0.529. The van der Waals surface area contributed by atoms with E-state index in [1.54, 1.807) is 11.3 Å². The second-order valence-corrected chi connectivity index (χ2v) is 7.10. The lowest BCUT2D eigenvalue weighted by atomic mass is 9.73. The number of Topliss-reactive ketones (excluding diaryl/α,β-unsaturated/α-hetero) is 1. The number of ketones is 1. The molecule has 1 N–H and O–H groups in total. The molecule has 0 aliphatic carbocycles. The summed E-state index contributed by atoms with van der Waals surface area (Å²) >= 11 is 1.65. The Labute approximate surface area is 129 Å². The highest BCUT2D eigenvalue weighted by atomic mass is 32.1. The van der Waals surface area contributed by atoms with Gasteiger partial charge in [-0.3, -0.25) is 4.79 Å². The molecule has 1 unspecified atom stereocenters. The zero-order valence-corrected chi connectivity index (χ0v) is 13.3. The summed E-state index contributed by atoms with van der Waals surface area (Å²) in [6, 6.07) is 8.11. The van der Waals surface area contributed by atoms with Crippen molar-refractivity contribution in [2.24, 2.45) is 5.41 Å². The summed E-state index contributed by atoms with van der Waals surface area (Å²) in [6.45, 7) is 4.05. The number of thiazole rings is 1. The van der Waals surface area contributed by atoms with Gasteiger partial charge in [0.1, 0.15) is 10.8 Å². The number of benzene rings is 1. The summed E-state index contributed by atoms with van der Waals surface area (Å²) in [5, 5.41) is 4.38. The zero-order valence-electron chi connectivity index (χ0n) is 12.5. The van der Waals surface area contributed by atoms with Gasteiger partial charge in [0.2, 0.25) is 0 Å². The number of nitrogens with zero attached hydrogens (tertiary/aromatic N) is 1.